The molecule has 1 unspecified atom stereocenters. The third-order valence-electron chi connectivity index (χ3n) is 2.41. The van der Waals surface area contributed by atoms with E-state index in [0.29, 0.717) is 13.1 Å². The highest BCUT2D eigenvalue weighted by Gasteiger charge is 2.13. The van der Waals surface area contributed by atoms with Gasteiger partial charge in [-0.3, -0.25) is 4.79 Å². The lowest BCUT2D eigenvalue weighted by Crippen LogP contribution is -2.32. The Balaban J connectivity index is 2.63. The number of nitrogens with one attached hydrogen (secondary N) is 1. The highest BCUT2D eigenvalue weighted by Crippen LogP contribution is 2.15. The number of benzene rings is 1. The van der Waals surface area contributed by atoms with Crippen molar-refractivity contribution in [2.45, 2.75) is 19.8 Å². The number of rotatable bonds is 4. The van der Waals surface area contributed by atoms with Crippen LogP contribution in [0.25, 0.3) is 0 Å². The van der Waals surface area contributed by atoms with E-state index in [-0.39, 0.29) is 11.8 Å². The van der Waals surface area contributed by atoms with Gasteiger partial charge < -0.3 is 11.1 Å². The van der Waals surface area contributed by atoms with Gasteiger partial charge in [-0.15, -0.1) is 0 Å². The summed E-state index contributed by atoms with van der Waals surface area (Å²) in [6.45, 7) is 4.95. The topological polar surface area (TPSA) is 55.1 Å². The quantitative estimate of drug-likeness (QED) is 0.777. The molecule has 0 spiro atoms. The maximum Gasteiger partial charge on any atom is 0.227 e. The van der Waals surface area contributed by atoms with Crippen LogP contribution < -0.4 is 11.1 Å². The molecule has 3 nitrogen and oxygen atoms in total. The van der Waals surface area contributed by atoms with Crippen molar-refractivity contribution in [3.63, 3.8) is 0 Å². The van der Waals surface area contributed by atoms with Crippen molar-refractivity contribution >= 4 is 5.91 Å². The van der Waals surface area contributed by atoms with Crippen LogP contribution in [0.4, 0.5) is 0 Å². The van der Waals surface area contributed by atoms with Crippen LogP contribution in [0.2, 0.25) is 0 Å². The normalized spacial score (nSPS) is 12.2. The lowest BCUT2D eigenvalue weighted by atomic mass is 9.99. The zero-order valence-corrected chi connectivity index (χ0v) is 9.29. The minimum atomic E-state index is -0.114. The fraction of sp³-hybridized carbons (Fsp3) is 0.417. The first-order valence-corrected chi connectivity index (χ1v) is 5.19. The molecule has 82 valence electrons. The van der Waals surface area contributed by atoms with Crippen molar-refractivity contribution in [1.29, 1.82) is 0 Å². The molecule has 3 N–H and O–H groups in total. The average molecular weight is 206 g/mol. The van der Waals surface area contributed by atoms with E-state index in [0.717, 1.165) is 5.56 Å². The Bertz CT molecular complexity index is 319. The van der Waals surface area contributed by atoms with E-state index in [2.05, 4.69) is 5.32 Å². The van der Waals surface area contributed by atoms with Crippen molar-refractivity contribution in [1.82, 2.24) is 5.32 Å². The van der Waals surface area contributed by atoms with Gasteiger partial charge in [-0.2, -0.15) is 0 Å². The van der Waals surface area contributed by atoms with Gasteiger partial charge in [0, 0.05) is 13.1 Å². The van der Waals surface area contributed by atoms with E-state index in [1.165, 1.54) is 5.56 Å². The molecule has 1 aromatic carbocycles. The Hall–Kier alpha value is -1.35. The highest BCUT2D eigenvalue weighted by molar-refractivity contribution is 5.83. The fourth-order valence-corrected chi connectivity index (χ4v) is 1.35. The van der Waals surface area contributed by atoms with Crippen LogP contribution in [0.5, 0.6) is 0 Å². The van der Waals surface area contributed by atoms with Gasteiger partial charge in [-0.05, 0) is 19.4 Å². The summed E-state index contributed by atoms with van der Waals surface area (Å²) in [5, 5.41) is 2.78. The lowest BCUT2D eigenvalue weighted by Gasteiger charge is -2.12. The SMILES string of the molecule is Cc1ccc(C(C)C(=O)NCCN)cc1. The number of hydrogen-bond acceptors (Lipinski definition) is 2. The molecular weight excluding hydrogens is 188 g/mol. The molecule has 0 heterocycles. The number of nitrogens with two attached hydrogens (primary N) is 1. The van der Waals surface area contributed by atoms with Crippen molar-refractivity contribution in [2.75, 3.05) is 13.1 Å². The van der Waals surface area contributed by atoms with E-state index in [1.807, 2.05) is 38.1 Å². The van der Waals surface area contributed by atoms with Crippen molar-refractivity contribution in [3.05, 3.63) is 35.4 Å². The lowest BCUT2D eigenvalue weighted by molar-refractivity contribution is -0.122. The number of hydrogen-bond donors (Lipinski definition) is 2. The second-order valence-corrected chi connectivity index (χ2v) is 3.71. The molecule has 1 atom stereocenters. The minimum Gasteiger partial charge on any atom is -0.354 e. The first-order chi connectivity index (χ1) is 7.15. The van der Waals surface area contributed by atoms with Crippen molar-refractivity contribution in [3.8, 4) is 0 Å². The van der Waals surface area contributed by atoms with Crippen LogP contribution in [0.15, 0.2) is 24.3 Å². The average Bonchev–Trinajstić information content (AvgIpc) is 2.26. The molecule has 1 amide bonds. The standard InChI is InChI=1S/C12H18N2O/c1-9-3-5-11(6-4-9)10(2)12(15)14-8-7-13/h3-6,10H,7-8,13H2,1-2H3,(H,14,15). The summed E-state index contributed by atoms with van der Waals surface area (Å²) in [4.78, 5) is 11.6. The molecule has 0 aromatic heterocycles. The summed E-state index contributed by atoms with van der Waals surface area (Å²) in [7, 11) is 0. The van der Waals surface area contributed by atoms with Crippen LogP contribution in [-0.4, -0.2) is 19.0 Å². The predicted molar refractivity (Wildman–Crippen MR) is 61.7 cm³/mol. The van der Waals surface area contributed by atoms with E-state index in [9.17, 15) is 4.79 Å². The van der Waals surface area contributed by atoms with Crippen LogP contribution in [-0.2, 0) is 4.79 Å². The van der Waals surface area contributed by atoms with Crippen molar-refractivity contribution < 1.29 is 4.79 Å². The van der Waals surface area contributed by atoms with Crippen LogP contribution in [0.3, 0.4) is 0 Å². The van der Waals surface area contributed by atoms with Gasteiger partial charge >= 0.3 is 0 Å². The maximum atomic E-state index is 11.6. The molecule has 0 aliphatic rings. The zero-order valence-electron chi connectivity index (χ0n) is 9.29. The maximum absolute atomic E-state index is 11.6. The number of aryl methyl sites for hydroxylation is 1. The summed E-state index contributed by atoms with van der Waals surface area (Å²) in [6.07, 6.45) is 0. The summed E-state index contributed by atoms with van der Waals surface area (Å²) in [5.41, 5.74) is 7.56. The fourth-order valence-electron chi connectivity index (χ4n) is 1.35. The molecule has 0 aliphatic heterocycles. The molecule has 0 fully saturated rings. The van der Waals surface area contributed by atoms with Crippen LogP contribution >= 0.6 is 0 Å². The van der Waals surface area contributed by atoms with Crippen LogP contribution in [0.1, 0.15) is 24.0 Å². The van der Waals surface area contributed by atoms with E-state index < -0.39 is 0 Å². The largest absolute Gasteiger partial charge is 0.354 e. The summed E-state index contributed by atoms with van der Waals surface area (Å²) >= 11 is 0. The van der Waals surface area contributed by atoms with Gasteiger partial charge in [0.2, 0.25) is 5.91 Å². The van der Waals surface area contributed by atoms with E-state index >= 15 is 0 Å². The number of amides is 1. The smallest absolute Gasteiger partial charge is 0.227 e. The molecule has 0 saturated carbocycles. The number of carbonyl (C=O) groups excluding carboxylic acids is 1. The van der Waals surface area contributed by atoms with Gasteiger partial charge in [0.15, 0.2) is 0 Å². The first-order valence-electron chi connectivity index (χ1n) is 5.19. The van der Waals surface area contributed by atoms with Gasteiger partial charge in [-0.25, -0.2) is 0 Å². The Morgan fingerprint density at radius 1 is 1.40 bits per heavy atom. The Morgan fingerprint density at radius 3 is 2.53 bits per heavy atom. The molecule has 0 saturated heterocycles. The minimum absolute atomic E-state index is 0.0318. The summed E-state index contributed by atoms with van der Waals surface area (Å²) in [5.74, 6) is -0.0820. The van der Waals surface area contributed by atoms with Crippen LogP contribution in [0, 0.1) is 6.92 Å². The van der Waals surface area contributed by atoms with Gasteiger partial charge in [0.05, 0.1) is 5.92 Å². The second-order valence-electron chi connectivity index (χ2n) is 3.71. The molecule has 0 aliphatic carbocycles. The van der Waals surface area contributed by atoms with Gasteiger partial charge in [0.25, 0.3) is 0 Å². The Kier molecular flexibility index (Phi) is 4.31. The second kappa shape index (κ2) is 5.51. The monoisotopic (exact) mass is 206 g/mol. The molecule has 1 aromatic rings. The number of carbonyl (C=O) groups is 1. The molecule has 3 heteroatoms. The molecule has 0 radical (unpaired) electrons. The molecule has 1 rings (SSSR count). The molecule has 0 bridgehead atoms. The third-order valence-corrected chi connectivity index (χ3v) is 2.41. The summed E-state index contributed by atoms with van der Waals surface area (Å²) < 4.78 is 0. The predicted octanol–water partition coefficient (Wildman–Crippen LogP) is 1.17. The zero-order chi connectivity index (χ0) is 11.3. The molecular formula is C12H18N2O. The van der Waals surface area contributed by atoms with Gasteiger partial charge in [-0.1, -0.05) is 29.8 Å². The third kappa shape index (κ3) is 3.36. The molecule has 15 heavy (non-hydrogen) atoms. The highest BCUT2D eigenvalue weighted by atomic mass is 16.1. The first kappa shape index (κ1) is 11.7. The van der Waals surface area contributed by atoms with Gasteiger partial charge in [0.1, 0.15) is 0 Å². The Labute approximate surface area is 90.7 Å². The Morgan fingerprint density at radius 2 is 2.00 bits per heavy atom. The summed E-state index contributed by atoms with van der Waals surface area (Å²) in [6, 6.07) is 8.01. The van der Waals surface area contributed by atoms with Crippen molar-refractivity contribution in [2.24, 2.45) is 5.73 Å². The van der Waals surface area contributed by atoms with E-state index in [1.54, 1.807) is 0 Å². The van der Waals surface area contributed by atoms with E-state index in [4.69, 9.17) is 5.73 Å².